The highest BCUT2D eigenvalue weighted by molar-refractivity contribution is 7.72. The zero-order chi connectivity index (χ0) is 13.0. The molecule has 0 atom stereocenters. The van der Waals surface area contributed by atoms with Crippen LogP contribution >= 0.6 is 0 Å². The predicted octanol–water partition coefficient (Wildman–Crippen LogP) is 0.729. The summed E-state index contributed by atoms with van der Waals surface area (Å²) in [7, 11) is -2.32. The molecule has 2 bridgehead atoms. The fraction of sp³-hybridized carbons (Fsp3) is 0.917. The molecule has 18 heavy (non-hydrogen) atoms. The van der Waals surface area contributed by atoms with E-state index in [1.165, 1.54) is 0 Å². The number of alkyl halides is 1. The summed E-state index contributed by atoms with van der Waals surface area (Å²) < 4.78 is 34.7. The molecule has 4 rings (SSSR count). The van der Waals surface area contributed by atoms with Crippen molar-refractivity contribution in [3.63, 3.8) is 0 Å². The Morgan fingerprint density at radius 1 is 1.22 bits per heavy atom. The van der Waals surface area contributed by atoms with Gasteiger partial charge >= 0.3 is 0 Å². The molecule has 1 amide bonds. The van der Waals surface area contributed by atoms with E-state index in [4.69, 9.17) is 0 Å². The minimum atomic E-state index is -2.32. The molecule has 3 aliphatic carbocycles. The van der Waals surface area contributed by atoms with Crippen molar-refractivity contribution in [1.29, 1.82) is 0 Å². The first kappa shape index (κ1) is 12.4. The van der Waals surface area contributed by atoms with Crippen LogP contribution in [0.2, 0.25) is 0 Å². The maximum atomic E-state index is 13.4. The third kappa shape index (κ3) is 1.85. The van der Waals surface area contributed by atoms with Gasteiger partial charge in [0.1, 0.15) is 16.4 Å². The Labute approximate surface area is 107 Å². The Balaban J connectivity index is 1.53. The first-order valence-corrected chi connectivity index (χ1v) is 7.89. The number of likely N-dealkylation sites (tertiary alicyclic amines) is 1. The number of carbonyl (C=O) groups is 1. The average molecular weight is 275 g/mol. The van der Waals surface area contributed by atoms with Gasteiger partial charge in [-0.1, -0.05) is 0 Å². The molecule has 3 saturated carbocycles. The van der Waals surface area contributed by atoms with Crippen molar-refractivity contribution in [3.8, 4) is 0 Å². The lowest BCUT2D eigenvalue weighted by Crippen LogP contribution is -2.70. The summed E-state index contributed by atoms with van der Waals surface area (Å²) in [5.74, 6) is 0.526. The molecule has 0 aromatic rings. The highest BCUT2D eigenvalue weighted by Crippen LogP contribution is 2.70. The standard InChI is InChI=1S/C12H18FNO3S/c13-12-6-11(7-12,8-12)10(15)14-3-1-9(2-4-14)5-18(16)17/h9,18H,1-8H2. The first-order chi connectivity index (χ1) is 8.42. The number of thiol groups is 1. The molecule has 0 aromatic heterocycles. The second-order valence-electron chi connectivity index (χ2n) is 6.21. The van der Waals surface area contributed by atoms with Crippen LogP contribution in [0.15, 0.2) is 0 Å². The van der Waals surface area contributed by atoms with Crippen LogP contribution in [0.3, 0.4) is 0 Å². The topological polar surface area (TPSA) is 54.5 Å². The SMILES string of the molecule is O=C(N1CCC(C[SH](=O)=O)CC1)C12CC(F)(C1)C2. The van der Waals surface area contributed by atoms with Crippen molar-refractivity contribution in [1.82, 2.24) is 4.90 Å². The van der Waals surface area contributed by atoms with E-state index in [0.717, 1.165) is 12.8 Å². The summed E-state index contributed by atoms with van der Waals surface area (Å²) in [4.78, 5) is 14.1. The smallest absolute Gasteiger partial charge is 0.229 e. The van der Waals surface area contributed by atoms with E-state index < -0.39 is 16.4 Å². The molecule has 4 fully saturated rings. The van der Waals surface area contributed by atoms with E-state index in [-0.39, 0.29) is 23.0 Å². The lowest BCUT2D eigenvalue weighted by atomic mass is 9.42. The average Bonchev–Trinajstić information content (AvgIpc) is 2.23. The number of hydrogen-bond acceptors (Lipinski definition) is 3. The zero-order valence-electron chi connectivity index (χ0n) is 10.2. The van der Waals surface area contributed by atoms with Crippen molar-refractivity contribution in [3.05, 3.63) is 0 Å². The van der Waals surface area contributed by atoms with Gasteiger partial charge in [0.2, 0.25) is 5.91 Å². The van der Waals surface area contributed by atoms with Gasteiger partial charge in [-0.25, -0.2) is 12.8 Å². The number of nitrogens with zero attached hydrogens (tertiary/aromatic N) is 1. The van der Waals surface area contributed by atoms with Gasteiger partial charge in [0, 0.05) is 13.1 Å². The van der Waals surface area contributed by atoms with Crippen LogP contribution < -0.4 is 0 Å². The third-order valence-corrected chi connectivity index (χ3v) is 5.54. The van der Waals surface area contributed by atoms with Crippen LogP contribution in [0.4, 0.5) is 4.39 Å². The summed E-state index contributed by atoms with van der Waals surface area (Å²) in [6.45, 7) is 1.27. The monoisotopic (exact) mass is 275 g/mol. The van der Waals surface area contributed by atoms with Gasteiger partial charge in [-0.15, -0.1) is 0 Å². The van der Waals surface area contributed by atoms with Gasteiger partial charge in [0.25, 0.3) is 0 Å². The molecule has 6 heteroatoms. The van der Waals surface area contributed by atoms with Gasteiger partial charge < -0.3 is 4.90 Å². The van der Waals surface area contributed by atoms with E-state index in [0.29, 0.717) is 32.4 Å². The van der Waals surface area contributed by atoms with E-state index in [1.54, 1.807) is 0 Å². The largest absolute Gasteiger partial charge is 0.342 e. The second-order valence-corrected chi connectivity index (χ2v) is 7.24. The maximum Gasteiger partial charge on any atom is 0.229 e. The lowest BCUT2D eigenvalue weighted by molar-refractivity contribution is -0.222. The molecule has 0 N–H and O–H groups in total. The molecule has 1 aliphatic heterocycles. The van der Waals surface area contributed by atoms with Gasteiger partial charge in [0.15, 0.2) is 0 Å². The highest BCUT2D eigenvalue weighted by Gasteiger charge is 2.73. The quantitative estimate of drug-likeness (QED) is 0.773. The van der Waals surface area contributed by atoms with Crippen LogP contribution in [0.5, 0.6) is 0 Å². The Morgan fingerprint density at radius 2 is 1.78 bits per heavy atom. The molecule has 0 aromatic carbocycles. The molecule has 4 aliphatic rings. The maximum absolute atomic E-state index is 13.4. The summed E-state index contributed by atoms with van der Waals surface area (Å²) >= 11 is 0. The summed E-state index contributed by atoms with van der Waals surface area (Å²) in [6, 6.07) is 0. The van der Waals surface area contributed by atoms with E-state index in [2.05, 4.69) is 0 Å². The van der Waals surface area contributed by atoms with Crippen LogP contribution in [0.25, 0.3) is 0 Å². The molecule has 1 heterocycles. The van der Waals surface area contributed by atoms with E-state index in [9.17, 15) is 17.6 Å². The predicted molar refractivity (Wildman–Crippen MR) is 64.6 cm³/mol. The molecule has 0 unspecified atom stereocenters. The zero-order valence-corrected chi connectivity index (χ0v) is 11.1. The summed E-state index contributed by atoms with van der Waals surface area (Å²) in [6.07, 6.45) is 2.74. The Hall–Kier alpha value is -0.650. The minimum absolute atomic E-state index is 0.104. The third-order valence-electron chi connectivity index (χ3n) is 4.73. The van der Waals surface area contributed by atoms with Crippen molar-refractivity contribution in [2.45, 2.75) is 37.8 Å². The second kappa shape index (κ2) is 3.92. The van der Waals surface area contributed by atoms with Crippen molar-refractivity contribution in [2.24, 2.45) is 11.3 Å². The number of piperidine rings is 1. The number of amides is 1. The van der Waals surface area contributed by atoms with Gasteiger partial charge in [-0.05, 0) is 38.0 Å². The fourth-order valence-corrected chi connectivity index (χ4v) is 4.54. The normalized spacial score (nSPS) is 39.3. The first-order valence-electron chi connectivity index (χ1n) is 6.53. The molecule has 4 nitrogen and oxygen atoms in total. The van der Waals surface area contributed by atoms with Gasteiger partial charge in [-0.2, -0.15) is 0 Å². The van der Waals surface area contributed by atoms with E-state index >= 15 is 0 Å². The van der Waals surface area contributed by atoms with Crippen molar-refractivity contribution >= 4 is 16.6 Å². The van der Waals surface area contributed by atoms with Crippen LogP contribution in [-0.2, 0) is 15.5 Å². The van der Waals surface area contributed by atoms with Crippen molar-refractivity contribution < 1.29 is 17.6 Å². The van der Waals surface area contributed by atoms with Crippen LogP contribution in [0, 0.1) is 11.3 Å². The summed E-state index contributed by atoms with van der Waals surface area (Å²) in [5, 5.41) is 0. The number of carbonyl (C=O) groups excluding carboxylic acids is 1. The number of halogens is 1. The fourth-order valence-electron chi connectivity index (χ4n) is 3.76. The Morgan fingerprint density at radius 3 is 2.22 bits per heavy atom. The molecule has 1 saturated heterocycles. The Kier molecular flexibility index (Phi) is 2.70. The highest BCUT2D eigenvalue weighted by atomic mass is 32.2. The number of hydrogen-bond donors (Lipinski definition) is 1. The lowest BCUT2D eigenvalue weighted by Gasteiger charge is -2.65. The van der Waals surface area contributed by atoms with Crippen LogP contribution in [-0.4, -0.2) is 43.7 Å². The van der Waals surface area contributed by atoms with Gasteiger partial charge in [0.05, 0.1) is 11.2 Å². The minimum Gasteiger partial charge on any atom is -0.342 e. The Bertz CT molecular complexity index is 426. The molecule has 102 valence electrons. The van der Waals surface area contributed by atoms with Gasteiger partial charge in [-0.3, -0.25) is 4.79 Å². The molecular weight excluding hydrogens is 257 g/mol. The molecule has 0 radical (unpaired) electrons. The molecular formula is C12H18FNO3S. The van der Waals surface area contributed by atoms with Crippen molar-refractivity contribution in [2.75, 3.05) is 18.8 Å². The molecule has 0 spiro atoms. The number of rotatable bonds is 3. The summed E-state index contributed by atoms with van der Waals surface area (Å²) in [5.41, 5.74) is -1.42. The van der Waals surface area contributed by atoms with Crippen LogP contribution in [0.1, 0.15) is 32.1 Å². The van der Waals surface area contributed by atoms with E-state index in [1.807, 2.05) is 4.90 Å².